The van der Waals surface area contributed by atoms with Gasteiger partial charge in [-0.3, -0.25) is 0 Å². The van der Waals surface area contributed by atoms with Gasteiger partial charge in [0.2, 0.25) is 0 Å². The van der Waals surface area contributed by atoms with E-state index in [0.717, 1.165) is 76.1 Å². The summed E-state index contributed by atoms with van der Waals surface area (Å²) < 4.78 is 0. The third kappa shape index (κ3) is 12.3. The van der Waals surface area contributed by atoms with Gasteiger partial charge in [-0.05, 0) is 97.5 Å². The van der Waals surface area contributed by atoms with E-state index in [0.29, 0.717) is 11.1 Å². The molecule has 0 unspecified atom stereocenters. The number of hydrogen-bond acceptors (Lipinski definition) is 4. The van der Waals surface area contributed by atoms with E-state index in [1.165, 1.54) is 11.1 Å². The van der Waals surface area contributed by atoms with Crippen LogP contribution < -0.4 is 51.7 Å². The van der Waals surface area contributed by atoms with E-state index in [2.05, 4.69) is 244 Å². The van der Waals surface area contributed by atoms with Crippen molar-refractivity contribution in [1.29, 1.82) is 0 Å². The van der Waals surface area contributed by atoms with Gasteiger partial charge >= 0.3 is 32.7 Å². The SMILES string of the molecule is CN(C)Cc1[c-]cccc1.CN(C)Cc1ccccc1.[O-]c1c([Si](c2ccccc2)(c2ccccc2)c2ccccc2)cc2ccccc2c1-c1c([O-])c([Si](c2ccccc2)(c2ccccc2)c2ccccc2)cc2ccccc12.[Y+3]. The molecule has 0 bridgehead atoms. The molecule has 0 aliphatic carbocycles. The van der Waals surface area contributed by atoms with Crippen LogP contribution in [0.3, 0.4) is 0 Å². The van der Waals surface area contributed by atoms with Crippen LogP contribution in [0.15, 0.2) is 297 Å². The fraction of sp³-hybridized carbons (Fsp3) is 0.0811. The average Bonchev–Trinajstić information content (AvgIpc) is 3.57. The average molecular weight is 1160 g/mol. The molecule has 0 amide bonds. The minimum atomic E-state index is -3.32. The summed E-state index contributed by atoms with van der Waals surface area (Å²) in [5, 5.41) is 44.3. The first kappa shape index (κ1) is 57.9. The van der Waals surface area contributed by atoms with Crippen molar-refractivity contribution in [3.63, 3.8) is 0 Å². The minimum absolute atomic E-state index is 0. The van der Waals surface area contributed by atoms with Gasteiger partial charge in [0, 0.05) is 13.1 Å². The Bertz CT molecular complexity index is 3440. The fourth-order valence-corrected chi connectivity index (χ4v) is 21.3. The summed E-state index contributed by atoms with van der Waals surface area (Å²) in [5.41, 5.74) is 3.53. The third-order valence-electron chi connectivity index (χ3n) is 14.9. The van der Waals surface area contributed by atoms with Crippen molar-refractivity contribution in [3.05, 3.63) is 314 Å². The maximum Gasteiger partial charge on any atom is 3.00 e. The Balaban J connectivity index is 0.000000317. The Labute approximate surface area is 506 Å². The predicted molar refractivity (Wildman–Crippen MR) is 340 cm³/mol. The van der Waals surface area contributed by atoms with Gasteiger partial charge < -0.3 is 20.0 Å². The smallest absolute Gasteiger partial charge is 0.872 e. The van der Waals surface area contributed by atoms with E-state index in [9.17, 15) is 0 Å². The van der Waals surface area contributed by atoms with Crippen molar-refractivity contribution in [3.8, 4) is 22.6 Å². The molecule has 12 rings (SSSR count). The Morgan fingerprint density at radius 2 is 0.617 bits per heavy atom. The normalized spacial score (nSPS) is 11.3. The standard InChI is InChI=1S/C56H42O2Si2.C9H13N.C9H12N.Y/c57-55-51(59(43-25-7-1-8-26-43,44-27-9-2-10-28-44)45-29-11-3-12-30-45)39-41-23-19-21-37-49(41)53(55)54-50-38-22-20-24-42(50)40-52(56(54)58)60(46-31-13-4-14-32-46,47-33-15-5-16-34-47)48-35-17-6-18-36-48;2*1-10(2)8-9-6-4-3-5-7-9;/h1-40,57-58H;3-7H,8H2,1-2H3;3-6H,8H2,1-2H3;/q;;-1;+3/p-2. The second-order valence-corrected chi connectivity index (χ2v) is 28.3. The van der Waals surface area contributed by atoms with Crippen molar-refractivity contribution < 1.29 is 42.9 Å². The van der Waals surface area contributed by atoms with Crippen LogP contribution in [0.25, 0.3) is 32.7 Å². The molecule has 0 N–H and O–H groups in total. The van der Waals surface area contributed by atoms with Crippen molar-refractivity contribution in [2.75, 3.05) is 28.2 Å². The molecule has 0 radical (unpaired) electrons. The Kier molecular flexibility index (Phi) is 19.4. The summed E-state index contributed by atoms with van der Waals surface area (Å²) in [6.07, 6.45) is 0. The van der Waals surface area contributed by atoms with E-state index in [-0.39, 0.29) is 44.2 Å². The molecular weight excluding hydrogens is 1090 g/mol. The zero-order valence-electron chi connectivity index (χ0n) is 46.5. The number of nitrogens with zero attached hydrogens (tertiary/aromatic N) is 2. The molecule has 0 fully saturated rings. The summed E-state index contributed by atoms with van der Waals surface area (Å²) in [5.74, 6) is -0.217. The molecule has 394 valence electrons. The van der Waals surface area contributed by atoms with Crippen molar-refractivity contribution in [2.45, 2.75) is 13.1 Å². The van der Waals surface area contributed by atoms with E-state index >= 15 is 10.2 Å². The Morgan fingerprint density at radius 1 is 0.333 bits per heavy atom. The molecule has 81 heavy (non-hydrogen) atoms. The van der Waals surface area contributed by atoms with E-state index in [1.807, 2.05) is 97.1 Å². The molecule has 0 saturated carbocycles. The molecule has 12 aromatic rings. The first-order valence-corrected chi connectivity index (χ1v) is 31.3. The van der Waals surface area contributed by atoms with Gasteiger partial charge in [0.1, 0.15) is 0 Å². The molecule has 0 aliphatic heterocycles. The van der Waals surface area contributed by atoms with Gasteiger partial charge in [-0.1, -0.05) is 283 Å². The molecule has 0 aliphatic rings. The van der Waals surface area contributed by atoms with E-state index in [1.54, 1.807) is 0 Å². The molecule has 0 atom stereocenters. The van der Waals surface area contributed by atoms with Crippen molar-refractivity contribution >= 4 is 79.2 Å². The number of fused-ring (bicyclic) bond motifs is 2. The van der Waals surface area contributed by atoms with Crippen LogP contribution >= 0.6 is 0 Å². The fourth-order valence-electron chi connectivity index (χ4n) is 11.6. The molecular formula is C74H65N2O2Si2Y. The molecule has 0 aromatic heterocycles. The van der Waals surface area contributed by atoms with Crippen LogP contribution in [0.5, 0.6) is 11.5 Å². The number of rotatable bonds is 13. The monoisotopic (exact) mass is 1160 g/mol. The molecule has 4 nitrogen and oxygen atoms in total. The maximum absolute atomic E-state index is 16.4. The quantitative estimate of drug-likeness (QED) is 0.0656. The van der Waals surface area contributed by atoms with Crippen LogP contribution in [0, 0.1) is 6.07 Å². The van der Waals surface area contributed by atoms with Gasteiger partial charge in [-0.15, -0.1) is 17.1 Å². The van der Waals surface area contributed by atoms with Gasteiger partial charge in [0.05, 0.1) is 0 Å². The van der Waals surface area contributed by atoms with Crippen LogP contribution in [-0.2, 0) is 45.8 Å². The number of benzene rings is 12. The first-order chi connectivity index (χ1) is 39.2. The van der Waals surface area contributed by atoms with E-state index < -0.39 is 16.1 Å². The Hall–Kier alpha value is -7.78. The second kappa shape index (κ2) is 27.1. The molecule has 7 heteroatoms. The van der Waals surface area contributed by atoms with Gasteiger partial charge in [-0.2, -0.15) is 30.3 Å². The van der Waals surface area contributed by atoms with Crippen LogP contribution in [0.2, 0.25) is 0 Å². The molecule has 0 spiro atoms. The second-order valence-electron chi connectivity index (χ2n) is 20.7. The molecule has 0 saturated heterocycles. The van der Waals surface area contributed by atoms with Crippen LogP contribution in [-0.4, -0.2) is 54.1 Å². The first-order valence-electron chi connectivity index (χ1n) is 27.3. The summed E-state index contributed by atoms with van der Waals surface area (Å²) in [7, 11) is 1.62. The maximum atomic E-state index is 16.4. The summed E-state index contributed by atoms with van der Waals surface area (Å²) in [6.45, 7) is 2.00. The summed E-state index contributed by atoms with van der Waals surface area (Å²) in [4.78, 5) is 4.29. The summed E-state index contributed by atoms with van der Waals surface area (Å²) in [6, 6.07) is 105. The largest absolute Gasteiger partial charge is 3.00 e. The third-order valence-corrected chi connectivity index (χ3v) is 24.5. The number of hydrogen-bond donors (Lipinski definition) is 0. The van der Waals surface area contributed by atoms with Crippen LogP contribution in [0.4, 0.5) is 0 Å². The minimum Gasteiger partial charge on any atom is -0.872 e. The van der Waals surface area contributed by atoms with Crippen molar-refractivity contribution in [2.24, 2.45) is 0 Å². The summed E-state index contributed by atoms with van der Waals surface area (Å²) >= 11 is 0. The predicted octanol–water partition coefficient (Wildman–Crippen LogP) is 9.86. The topological polar surface area (TPSA) is 52.6 Å². The zero-order valence-corrected chi connectivity index (χ0v) is 51.3. The zero-order chi connectivity index (χ0) is 55.3. The van der Waals surface area contributed by atoms with Gasteiger partial charge in [0.25, 0.3) is 0 Å². The van der Waals surface area contributed by atoms with Gasteiger partial charge in [-0.25, -0.2) is 0 Å². The van der Waals surface area contributed by atoms with Gasteiger partial charge in [0.15, 0.2) is 16.1 Å². The van der Waals surface area contributed by atoms with E-state index in [4.69, 9.17) is 0 Å². The van der Waals surface area contributed by atoms with Crippen LogP contribution in [0.1, 0.15) is 11.1 Å². The molecule has 0 heterocycles. The Morgan fingerprint density at radius 3 is 0.914 bits per heavy atom. The molecule has 12 aromatic carbocycles. The van der Waals surface area contributed by atoms with Crippen molar-refractivity contribution in [1.82, 2.24) is 9.80 Å².